The summed E-state index contributed by atoms with van der Waals surface area (Å²) in [5.74, 6) is -0.497. The van der Waals surface area contributed by atoms with E-state index in [0.717, 1.165) is 19.3 Å². The third kappa shape index (κ3) is 3.65. The molecule has 0 atom stereocenters. The summed E-state index contributed by atoms with van der Waals surface area (Å²) in [4.78, 5) is 24.2. The molecule has 0 aliphatic heterocycles. The van der Waals surface area contributed by atoms with E-state index in [1.54, 1.807) is 24.3 Å². The van der Waals surface area contributed by atoms with E-state index in [-0.39, 0.29) is 18.0 Å². The molecule has 124 valence electrons. The van der Waals surface area contributed by atoms with Gasteiger partial charge in [-0.25, -0.2) is 4.79 Å². The number of esters is 1. The van der Waals surface area contributed by atoms with Crippen molar-refractivity contribution in [3.63, 3.8) is 0 Å². The highest BCUT2D eigenvalue weighted by Gasteiger charge is 2.14. The molecule has 3 rings (SSSR count). The van der Waals surface area contributed by atoms with Crippen molar-refractivity contribution in [1.82, 2.24) is 0 Å². The lowest BCUT2D eigenvalue weighted by atomic mass is 10.1. The molecule has 1 N–H and O–H groups in total. The summed E-state index contributed by atoms with van der Waals surface area (Å²) < 4.78 is 5.14. The summed E-state index contributed by atoms with van der Waals surface area (Å²) in [5.41, 5.74) is 4.41. The minimum atomic E-state index is -0.360. The molecule has 2 aromatic rings. The van der Waals surface area contributed by atoms with Crippen LogP contribution < -0.4 is 5.32 Å². The number of aryl methyl sites for hydroxylation is 2. The van der Waals surface area contributed by atoms with Gasteiger partial charge in [-0.2, -0.15) is 0 Å². The van der Waals surface area contributed by atoms with Crippen LogP contribution in [0, 0.1) is 0 Å². The molecule has 1 aliphatic carbocycles. The first-order chi connectivity index (χ1) is 11.5. The third-order valence-electron chi connectivity index (χ3n) is 4.08. The molecule has 2 aromatic carbocycles. The highest BCUT2D eigenvalue weighted by atomic mass is 16.5. The molecule has 1 aliphatic rings. The Labute approximate surface area is 141 Å². The van der Waals surface area contributed by atoms with Crippen molar-refractivity contribution in [2.75, 3.05) is 5.32 Å². The smallest absolute Gasteiger partial charge is 0.338 e. The fourth-order valence-electron chi connectivity index (χ4n) is 2.89. The fraction of sp³-hybridized carbons (Fsp3) is 0.300. The number of ether oxygens (including phenoxy) is 1. The Kier molecular flexibility index (Phi) is 4.65. The Morgan fingerprint density at radius 2 is 1.62 bits per heavy atom. The van der Waals surface area contributed by atoms with Crippen LogP contribution in [-0.2, 0) is 17.6 Å². The molecule has 0 fully saturated rings. The Balaban J connectivity index is 1.67. The van der Waals surface area contributed by atoms with Crippen molar-refractivity contribution < 1.29 is 14.3 Å². The second-order valence-electron chi connectivity index (χ2n) is 6.32. The zero-order valence-electron chi connectivity index (χ0n) is 14.0. The molecule has 0 bridgehead atoms. The molecule has 0 heterocycles. The van der Waals surface area contributed by atoms with E-state index in [2.05, 4.69) is 5.32 Å². The summed E-state index contributed by atoms with van der Waals surface area (Å²) in [5, 5.41) is 2.87. The highest BCUT2D eigenvalue weighted by Crippen LogP contribution is 2.23. The summed E-state index contributed by atoms with van der Waals surface area (Å²) in [6, 6.07) is 12.6. The maximum atomic E-state index is 12.4. The van der Waals surface area contributed by atoms with Crippen LogP contribution >= 0.6 is 0 Å². The van der Waals surface area contributed by atoms with Gasteiger partial charge in [0.05, 0.1) is 11.7 Å². The van der Waals surface area contributed by atoms with Gasteiger partial charge in [-0.15, -0.1) is 0 Å². The van der Waals surface area contributed by atoms with Crippen molar-refractivity contribution in [2.24, 2.45) is 0 Å². The monoisotopic (exact) mass is 323 g/mol. The molecule has 4 heteroatoms. The van der Waals surface area contributed by atoms with Gasteiger partial charge in [-0.1, -0.05) is 6.07 Å². The van der Waals surface area contributed by atoms with Crippen LogP contribution in [0.3, 0.4) is 0 Å². The summed E-state index contributed by atoms with van der Waals surface area (Å²) in [7, 11) is 0. The molecule has 0 unspecified atom stereocenters. The van der Waals surface area contributed by atoms with Crippen LogP contribution in [0.25, 0.3) is 0 Å². The second kappa shape index (κ2) is 6.87. The molecule has 1 amide bonds. The average Bonchev–Trinajstić information content (AvgIpc) is 3.02. The first kappa shape index (κ1) is 16.2. The Bertz CT molecular complexity index is 763. The lowest BCUT2D eigenvalue weighted by molar-refractivity contribution is 0.0378. The predicted molar refractivity (Wildman–Crippen MR) is 93.4 cm³/mol. The van der Waals surface area contributed by atoms with Crippen LogP contribution in [0.2, 0.25) is 0 Å². The minimum Gasteiger partial charge on any atom is -0.459 e. The number of hydrogen-bond acceptors (Lipinski definition) is 3. The van der Waals surface area contributed by atoms with Crippen molar-refractivity contribution in [2.45, 2.75) is 39.2 Å². The number of fused-ring (bicyclic) bond motifs is 1. The maximum absolute atomic E-state index is 12.4. The van der Waals surface area contributed by atoms with Crippen LogP contribution in [0.5, 0.6) is 0 Å². The van der Waals surface area contributed by atoms with E-state index >= 15 is 0 Å². The molecule has 0 spiro atoms. The van der Waals surface area contributed by atoms with Crippen LogP contribution in [-0.4, -0.2) is 18.0 Å². The SMILES string of the molecule is CC(C)OC(=O)c1ccc(NC(=O)c2ccc3c(c2)CCC3)cc1. The molecule has 0 radical (unpaired) electrons. The largest absolute Gasteiger partial charge is 0.459 e. The van der Waals surface area contributed by atoms with E-state index in [1.807, 2.05) is 32.0 Å². The Hall–Kier alpha value is -2.62. The summed E-state index contributed by atoms with van der Waals surface area (Å²) in [6.07, 6.45) is 3.15. The molecule has 24 heavy (non-hydrogen) atoms. The minimum absolute atomic E-state index is 0.137. The number of carbonyl (C=O) groups excluding carboxylic acids is 2. The van der Waals surface area contributed by atoms with Crippen molar-refractivity contribution in [3.8, 4) is 0 Å². The van der Waals surface area contributed by atoms with E-state index in [0.29, 0.717) is 16.8 Å². The first-order valence-electron chi connectivity index (χ1n) is 8.27. The van der Waals surface area contributed by atoms with Crippen molar-refractivity contribution in [3.05, 3.63) is 64.7 Å². The Morgan fingerprint density at radius 3 is 2.33 bits per heavy atom. The zero-order valence-corrected chi connectivity index (χ0v) is 14.0. The van der Waals surface area contributed by atoms with Gasteiger partial charge in [0, 0.05) is 11.3 Å². The van der Waals surface area contributed by atoms with Crippen LogP contribution in [0.1, 0.15) is 52.1 Å². The number of amides is 1. The van der Waals surface area contributed by atoms with E-state index in [9.17, 15) is 9.59 Å². The van der Waals surface area contributed by atoms with E-state index < -0.39 is 0 Å². The molecular weight excluding hydrogens is 302 g/mol. The van der Waals surface area contributed by atoms with Gasteiger partial charge in [-0.3, -0.25) is 4.79 Å². The standard InChI is InChI=1S/C20H21NO3/c1-13(2)24-20(23)15-8-10-18(11-9-15)21-19(22)17-7-6-14-4-3-5-16(14)12-17/h6-13H,3-5H2,1-2H3,(H,21,22). The Morgan fingerprint density at radius 1 is 0.958 bits per heavy atom. The number of carbonyl (C=O) groups is 2. The third-order valence-corrected chi connectivity index (χ3v) is 4.08. The molecule has 0 aromatic heterocycles. The molecular formula is C20H21NO3. The lowest BCUT2D eigenvalue weighted by Gasteiger charge is -2.09. The van der Waals surface area contributed by atoms with Gasteiger partial charge in [0.1, 0.15) is 0 Å². The highest BCUT2D eigenvalue weighted by molar-refractivity contribution is 6.04. The quantitative estimate of drug-likeness (QED) is 0.866. The summed E-state index contributed by atoms with van der Waals surface area (Å²) in [6.45, 7) is 3.62. The second-order valence-corrected chi connectivity index (χ2v) is 6.32. The van der Waals surface area contributed by atoms with Gasteiger partial charge in [0.25, 0.3) is 5.91 Å². The van der Waals surface area contributed by atoms with E-state index in [1.165, 1.54) is 11.1 Å². The fourth-order valence-corrected chi connectivity index (χ4v) is 2.89. The number of rotatable bonds is 4. The predicted octanol–water partition coefficient (Wildman–Crippen LogP) is 3.99. The van der Waals surface area contributed by atoms with Gasteiger partial charge in [0.2, 0.25) is 0 Å². The van der Waals surface area contributed by atoms with Gasteiger partial charge >= 0.3 is 5.97 Å². The van der Waals surface area contributed by atoms with Gasteiger partial charge < -0.3 is 10.1 Å². The van der Waals surface area contributed by atoms with Gasteiger partial charge in [-0.05, 0) is 80.6 Å². The van der Waals surface area contributed by atoms with Crippen LogP contribution in [0.4, 0.5) is 5.69 Å². The number of hydrogen-bond donors (Lipinski definition) is 1. The topological polar surface area (TPSA) is 55.4 Å². The maximum Gasteiger partial charge on any atom is 0.338 e. The van der Waals surface area contributed by atoms with Crippen molar-refractivity contribution in [1.29, 1.82) is 0 Å². The first-order valence-corrected chi connectivity index (χ1v) is 8.27. The number of anilines is 1. The molecule has 4 nitrogen and oxygen atoms in total. The van der Waals surface area contributed by atoms with Crippen LogP contribution in [0.15, 0.2) is 42.5 Å². The lowest BCUT2D eigenvalue weighted by Crippen LogP contribution is -2.13. The zero-order chi connectivity index (χ0) is 17.1. The van der Waals surface area contributed by atoms with Gasteiger partial charge in [0.15, 0.2) is 0 Å². The van der Waals surface area contributed by atoms with E-state index in [4.69, 9.17) is 4.74 Å². The number of nitrogens with one attached hydrogen (secondary N) is 1. The van der Waals surface area contributed by atoms with Crippen molar-refractivity contribution >= 4 is 17.6 Å². The summed E-state index contributed by atoms with van der Waals surface area (Å²) >= 11 is 0. The normalized spacial score (nSPS) is 12.8. The average molecular weight is 323 g/mol. The molecule has 0 saturated heterocycles. The molecule has 0 saturated carbocycles. The number of benzene rings is 2.